The fourth-order valence-electron chi connectivity index (χ4n) is 7.70. The molecule has 0 radical (unpaired) electrons. The molecule has 0 bridgehead atoms. The minimum atomic E-state index is 0.727. The lowest BCUT2D eigenvalue weighted by atomic mass is 9.92. The maximum absolute atomic E-state index is 7.04. The van der Waals surface area contributed by atoms with Gasteiger partial charge < -0.3 is 10.2 Å². The van der Waals surface area contributed by atoms with E-state index in [0.717, 1.165) is 63.6 Å². The molecule has 0 saturated heterocycles. The van der Waals surface area contributed by atoms with Gasteiger partial charge in [0.2, 0.25) is 0 Å². The largest absolute Gasteiger partial charge is 0.456 e. The van der Waals surface area contributed by atoms with E-state index in [4.69, 9.17) is 10.2 Å². The van der Waals surface area contributed by atoms with E-state index >= 15 is 0 Å². The SMILES string of the molecule is N/C(=C\C(=C/Cc1ccccc1)C1=CC=CCC1)c1cccc2oc3ccc(-c4ccc(-c5cc(-c6ccccc6)cc(-c6ccccc6)c5)cc4)cc3c12. The smallest absolute Gasteiger partial charge is 0.136 e. The zero-order valence-electron chi connectivity index (χ0n) is 30.7. The number of allylic oxidation sites excluding steroid dienone is 7. The molecule has 2 heteroatoms. The molecular formula is C53H41NO. The van der Waals surface area contributed by atoms with Crippen LogP contribution in [0.2, 0.25) is 0 Å². The summed E-state index contributed by atoms with van der Waals surface area (Å²) in [6.45, 7) is 0. The van der Waals surface area contributed by atoms with Crippen molar-refractivity contribution in [2.24, 2.45) is 5.73 Å². The molecule has 8 aromatic rings. The van der Waals surface area contributed by atoms with Crippen LogP contribution >= 0.6 is 0 Å². The Morgan fingerprint density at radius 1 is 0.545 bits per heavy atom. The van der Waals surface area contributed by atoms with Crippen molar-refractivity contribution in [3.8, 4) is 44.5 Å². The molecule has 0 amide bonds. The van der Waals surface area contributed by atoms with Gasteiger partial charge in [0.1, 0.15) is 11.2 Å². The monoisotopic (exact) mass is 707 g/mol. The Balaban J connectivity index is 1.07. The number of hydrogen-bond acceptors (Lipinski definition) is 2. The summed E-state index contributed by atoms with van der Waals surface area (Å²) >= 11 is 0. The highest BCUT2D eigenvalue weighted by Gasteiger charge is 2.16. The predicted octanol–water partition coefficient (Wildman–Crippen LogP) is 14.0. The minimum Gasteiger partial charge on any atom is -0.456 e. The van der Waals surface area contributed by atoms with Gasteiger partial charge in [-0.2, -0.15) is 0 Å². The van der Waals surface area contributed by atoms with Crippen LogP contribution in [-0.4, -0.2) is 0 Å². The second kappa shape index (κ2) is 15.2. The minimum absolute atomic E-state index is 0.727. The molecule has 0 atom stereocenters. The van der Waals surface area contributed by atoms with E-state index in [1.165, 1.54) is 50.1 Å². The summed E-state index contributed by atoms with van der Waals surface area (Å²) in [5.41, 5.74) is 23.6. The second-order valence-electron chi connectivity index (χ2n) is 14.2. The first-order chi connectivity index (χ1) is 27.2. The molecule has 0 fully saturated rings. The first-order valence-corrected chi connectivity index (χ1v) is 19.1. The maximum atomic E-state index is 7.04. The Labute approximate surface area is 322 Å². The van der Waals surface area contributed by atoms with E-state index in [0.29, 0.717) is 0 Å². The lowest BCUT2D eigenvalue weighted by Gasteiger charge is -2.13. The molecule has 0 unspecified atom stereocenters. The topological polar surface area (TPSA) is 39.2 Å². The number of benzene rings is 7. The number of nitrogens with two attached hydrogens (primary N) is 1. The summed E-state index contributed by atoms with van der Waals surface area (Å²) in [6, 6.07) is 60.3. The first kappa shape index (κ1) is 33.9. The van der Waals surface area contributed by atoms with Crippen LogP contribution in [0.3, 0.4) is 0 Å². The van der Waals surface area contributed by atoms with Crippen LogP contribution in [0.1, 0.15) is 24.0 Å². The summed E-state index contributed by atoms with van der Waals surface area (Å²) in [5, 5.41) is 2.09. The highest BCUT2D eigenvalue weighted by Crippen LogP contribution is 2.38. The average molecular weight is 708 g/mol. The second-order valence-corrected chi connectivity index (χ2v) is 14.2. The van der Waals surface area contributed by atoms with Gasteiger partial charge in [0.05, 0.1) is 0 Å². The van der Waals surface area contributed by atoms with Gasteiger partial charge in [-0.15, -0.1) is 0 Å². The highest BCUT2D eigenvalue weighted by molar-refractivity contribution is 6.11. The molecule has 264 valence electrons. The van der Waals surface area contributed by atoms with Crippen LogP contribution in [0.25, 0.3) is 72.1 Å². The van der Waals surface area contributed by atoms with Gasteiger partial charge in [0, 0.05) is 22.0 Å². The zero-order chi connectivity index (χ0) is 37.0. The Morgan fingerprint density at radius 3 is 1.75 bits per heavy atom. The molecule has 9 rings (SSSR count). The molecule has 55 heavy (non-hydrogen) atoms. The molecular weight excluding hydrogens is 667 g/mol. The van der Waals surface area contributed by atoms with E-state index in [1.807, 2.05) is 12.1 Å². The van der Waals surface area contributed by atoms with Gasteiger partial charge in [0.15, 0.2) is 0 Å². The van der Waals surface area contributed by atoms with Crippen LogP contribution in [0.4, 0.5) is 0 Å². The lowest BCUT2D eigenvalue weighted by molar-refractivity contribution is 0.669. The summed E-state index contributed by atoms with van der Waals surface area (Å²) < 4.78 is 6.42. The van der Waals surface area contributed by atoms with E-state index in [2.05, 4.69) is 188 Å². The zero-order valence-corrected chi connectivity index (χ0v) is 30.7. The van der Waals surface area contributed by atoms with Crippen molar-refractivity contribution >= 4 is 27.6 Å². The van der Waals surface area contributed by atoms with Crippen molar-refractivity contribution < 1.29 is 4.42 Å². The van der Waals surface area contributed by atoms with Crippen LogP contribution in [0, 0.1) is 0 Å². The van der Waals surface area contributed by atoms with E-state index in [9.17, 15) is 0 Å². The molecule has 1 aromatic heterocycles. The molecule has 2 nitrogen and oxygen atoms in total. The third-order valence-electron chi connectivity index (χ3n) is 10.6. The Morgan fingerprint density at radius 2 is 1.13 bits per heavy atom. The van der Waals surface area contributed by atoms with Crippen LogP contribution in [0.5, 0.6) is 0 Å². The van der Waals surface area contributed by atoms with Crippen molar-refractivity contribution in [2.75, 3.05) is 0 Å². The van der Waals surface area contributed by atoms with E-state index in [1.54, 1.807) is 0 Å². The van der Waals surface area contributed by atoms with Crippen molar-refractivity contribution in [3.05, 3.63) is 223 Å². The fraction of sp³-hybridized carbons (Fsp3) is 0.0566. The molecule has 0 aliphatic heterocycles. The Kier molecular flexibility index (Phi) is 9.38. The van der Waals surface area contributed by atoms with Crippen LogP contribution < -0.4 is 5.73 Å². The quantitative estimate of drug-likeness (QED) is 0.152. The van der Waals surface area contributed by atoms with Crippen LogP contribution in [0.15, 0.2) is 216 Å². The van der Waals surface area contributed by atoms with Crippen molar-refractivity contribution in [2.45, 2.75) is 19.3 Å². The Bertz CT molecular complexity index is 2690. The number of rotatable bonds is 9. The average Bonchev–Trinajstić information content (AvgIpc) is 3.64. The van der Waals surface area contributed by atoms with Gasteiger partial charge in [0.25, 0.3) is 0 Å². The molecule has 2 N–H and O–H groups in total. The van der Waals surface area contributed by atoms with Gasteiger partial charge in [-0.3, -0.25) is 0 Å². The molecule has 7 aromatic carbocycles. The summed E-state index contributed by atoms with van der Waals surface area (Å²) in [4.78, 5) is 0. The van der Waals surface area contributed by atoms with Gasteiger partial charge in [-0.05, 0) is 123 Å². The first-order valence-electron chi connectivity index (χ1n) is 19.1. The molecule has 0 spiro atoms. The maximum Gasteiger partial charge on any atom is 0.136 e. The fourth-order valence-corrected chi connectivity index (χ4v) is 7.70. The summed E-state index contributed by atoms with van der Waals surface area (Å²) in [6.07, 6.45) is 13.9. The molecule has 1 aliphatic carbocycles. The molecule has 0 saturated carbocycles. The van der Waals surface area contributed by atoms with Crippen molar-refractivity contribution in [1.29, 1.82) is 0 Å². The molecule has 1 aliphatic rings. The normalized spacial score (nSPS) is 13.3. The van der Waals surface area contributed by atoms with Gasteiger partial charge in [-0.25, -0.2) is 0 Å². The van der Waals surface area contributed by atoms with Crippen LogP contribution in [-0.2, 0) is 6.42 Å². The number of furan rings is 1. The van der Waals surface area contributed by atoms with E-state index < -0.39 is 0 Å². The van der Waals surface area contributed by atoms with Crippen molar-refractivity contribution in [1.82, 2.24) is 0 Å². The lowest BCUT2D eigenvalue weighted by Crippen LogP contribution is -2.00. The highest BCUT2D eigenvalue weighted by atomic mass is 16.3. The third kappa shape index (κ3) is 7.23. The standard InChI is InChI=1S/C53H41NO/c54-50(36-44(38-16-7-2-8-17-38)25-24-37-14-5-1-6-15-37)48-22-13-23-52-53(48)49-35-43(30-31-51(49)55-52)41-26-28-42(29-27-41)47-33-45(39-18-9-3-10-19-39)32-46(34-47)40-20-11-4-12-21-40/h1-7,9-16,18-23,25-36H,8,17,24,54H2/b44-25+,50-36-. The van der Waals surface area contributed by atoms with E-state index in [-0.39, 0.29) is 0 Å². The summed E-state index contributed by atoms with van der Waals surface area (Å²) in [7, 11) is 0. The number of hydrogen-bond donors (Lipinski definition) is 1. The van der Waals surface area contributed by atoms with Gasteiger partial charge >= 0.3 is 0 Å². The molecule has 1 heterocycles. The predicted molar refractivity (Wildman–Crippen MR) is 232 cm³/mol. The number of fused-ring (bicyclic) bond motifs is 3. The van der Waals surface area contributed by atoms with Crippen molar-refractivity contribution in [3.63, 3.8) is 0 Å². The van der Waals surface area contributed by atoms with Gasteiger partial charge in [-0.1, -0.05) is 158 Å². The Hall–Kier alpha value is -6.90. The third-order valence-corrected chi connectivity index (χ3v) is 10.6. The summed E-state index contributed by atoms with van der Waals surface area (Å²) in [5.74, 6) is 0.